The van der Waals surface area contributed by atoms with Crippen molar-refractivity contribution in [1.82, 2.24) is 10.2 Å². The summed E-state index contributed by atoms with van der Waals surface area (Å²) in [6.45, 7) is 12.1. The predicted octanol–water partition coefficient (Wildman–Crippen LogP) is 2.20. The van der Waals surface area contributed by atoms with Gasteiger partial charge in [-0.05, 0) is 18.3 Å². The fraction of sp³-hybridized carbons (Fsp3) is 1.00. The van der Waals surface area contributed by atoms with Gasteiger partial charge in [-0.2, -0.15) is 11.8 Å². The maximum atomic E-state index is 3.67. The van der Waals surface area contributed by atoms with E-state index in [1.165, 1.54) is 44.8 Å². The fourth-order valence-corrected chi connectivity index (χ4v) is 3.49. The van der Waals surface area contributed by atoms with E-state index in [-0.39, 0.29) is 0 Å². The molecule has 16 heavy (non-hydrogen) atoms. The molecular weight excluding hydrogens is 216 g/mol. The van der Waals surface area contributed by atoms with Crippen LogP contribution >= 0.6 is 11.8 Å². The van der Waals surface area contributed by atoms with Gasteiger partial charge in [0.05, 0.1) is 0 Å². The molecule has 1 atom stereocenters. The molecule has 2 fully saturated rings. The lowest BCUT2D eigenvalue weighted by Gasteiger charge is -2.37. The Bertz CT molecular complexity index is 226. The van der Waals surface area contributed by atoms with Crippen LogP contribution in [0.1, 0.15) is 33.6 Å². The van der Waals surface area contributed by atoms with E-state index in [4.69, 9.17) is 0 Å². The second-order valence-electron chi connectivity index (χ2n) is 6.24. The third-order valence-corrected chi connectivity index (χ3v) is 4.56. The Labute approximate surface area is 105 Å². The molecule has 0 amide bonds. The third-order valence-electron chi connectivity index (χ3n) is 3.42. The van der Waals surface area contributed by atoms with E-state index in [1.807, 2.05) is 0 Å². The summed E-state index contributed by atoms with van der Waals surface area (Å²) in [6.07, 6.45) is 2.79. The Morgan fingerprint density at radius 1 is 1.38 bits per heavy atom. The second kappa shape index (κ2) is 5.28. The Hall–Kier alpha value is 0.270. The average Bonchev–Trinajstić information content (AvgIpc) is 2.97. The molecule has 0 bridgehead atoms. The minimum Gasteiger partial charge on any atom is -0.313 e. The first kappa shape index (κ1) is 12.7. The quantitative estimate of drug-likeness (QED) is 0.796. The summed E-state index contributed by atoms with van der Waals surface area (Å²) in [5.74, 6) is 1.31. The first-order valence-corrected chi connectivity index (χ1v) is 7.67. The van der Waals surface area contributed by atoms with Crippen LogP contribution in [0.3, 0.4) is 0 Å². The molecular formula is C13H26N2S. The van der Waals surface area contributed by atoms with Crippen molar-refractivity contribution in [3.63, 3.8) is 0 Å². The summed E-state index contributed by atoms with van der Waals surface area (Å²) in [6, 6.07) is 0.843. The van der Waals surface area contributed by atoms with E-state index in [9.17, 15) is 0 Å². The highest BCUT2D eigenvalue weighted by molar-refractivity contribution is 7.99. The lowest BCUT2D eigenvalue weighted by atomic mass is 9.92. The van der Waals surface area contributed by atoms with Gasteiger partial charge in [-0.15, -0.1) is 0 Å². The summed E-state index contributed by atoms with van der Waals surface area (Å²) in [4.78, 5) is 2.65. The molecule has 0 aromatic carbocycles. The lowest BCUT2D eigenvalue weighted by Crippen LogP contribution is -2.45. The molecule has 3 heteroatoms. The molecule has 1 saturated heterocycles. The molecule has 1 saturated carbocycles. The number of hydrogen-bond donors (Lipinski definition) is 1. The molecule has 1 N–H and O–H groups in total. The van der Waals surface area contributed by atoms with Gasteiger partial charge in [-0.3, -0.25) is 0 Å². The van der Waals surface area contributed by atoms with Crippen LogP contribution < -0.4 is 5.32 Å². The topological polar surface area (TPSA) is 15.3 Å². The van der Waals surface area contributed by atoms with Crippen LogP contribution in [0.15, 0.2) is 0 Å². The Kier molecular flexibility index (Phi) is 4.20. The number of thioether (sulfide) groups is 1. The maximum Gasteiger partial charge on any atom is 0.0147 e. The molecule has 0 spiro atoms. The molecule has 0 aromatic rings. The number of nitrogens with zero attached hydrogens (tertiary/aromatic N) is 1. The van der Waals surface area contributed by atoms with Crippen molar-refractivity contribution in [2.75, 3.05) is 31.9 Å². The summed E-state index contributed by atoms with van der Waals surface area (Å²) in [5, 5.41) is 4.49. The SMILES string of the molecule is CC1CN(CC(C)(C)CNC2CC2)CCS1. The first-order valence-electron chi connectivity index (χ1n) is 6.62. The fourth-order valence-electron chi connectivity index (χ4n) is 2.40. The highest BCUT2D eigenvalue weighted by atomic mass is 32.2. The highest BCUT2D eigenvalue weighted by Gasteiger charge is 2.28. The van der Waals surface area contributed by atoms with Gasteiger partial charge in [-0.1, -0.05) is 20.8 Å². The Balaban J connectivity index is 1.72. The average molecular weight is 242 g/mol. The van der Waals surface area contributed by atoms with Crippen LogP contribution in [-0.4, -0.2) is 48.1 Å². The van der Waals surface area contributed by atoms with Crippen molar-refractivity contribution in [1.29, 1.82) is 0 Å². The normalized spacial score (nSPS) is 28.3. The van der Waals surface area contributed by atoms with Crippen molar-refractivity contribution in [2.24, 2.45) is 5.41 Å². The molecule has 0 radical (unpaired) electrons. The van der Waals surface area contributed by atoms with Crippen molar-refractivity contribution in [2.45, 2.75) is 44.9 Å². The number of rotatable bonds is 5. The highest BCUT2D eigenvalue weighted by Crippen LogP contribution is 2.25. The summed E-state index contributed by atoms with van der Waals surface area (Å²) >= 11 is 2.12. The van der Waals surface area contributed by atoms with Crippen LogP contribution in [0.4, 0.5) is 0 Å². The van der Waals surface area contributed by atoms with Crippen molar-refractivity contribution < 1.29 is 0 Å². The molecule has 1 heterocycles. The van der Waals surface area contributed by atoms with Gasteiger partial charge in [0.1, 0.15) is 0 Å². The third kappa shape index (κ3) is 4.27. The molecule has 1 aliphatic heterocycles. The van der Waals surface area contributed by atoms with Crippen LogP contribution in [0.25, 0.3) is 0 Å². The minimum absolute atomic E-state index is 0.421. The van der Waals surface area contributed by atoms with Crippen LogP contribution in [0.5, 0.6) is 0 Å². The zero-order valence-corrected chi connectivity index (χ0v) is 11.8. The van der Waals surface area contributed by atoms with E-state index < -0.39 is 0 Å². The maximum absolute atomic E-state index is 3.67. The van der Waals surface area contributed by atoms with Crippen LogP contribution in [0.2, 0.25) is 0 Å². The minimum atomic E-state index is 0.421. The number of nitrogens with one attached hydrogen (secondary N) is 1. The van der Waals surface area contributed by atoms with E-state index >= 15 is 0 Å². The van der Waals surface area contributed by atoms with E-state index in [2.05, 4.69) is 42.7 Å². The van der Waals surface area contributed by atoms with Crippen molar-refractivity contribution in [3.05, 3.63) is 0 Å². The zero-order valence-electron chi connectivity index (χ0n) is 11.0. The van der Waals surface area contributed by atoms with Gasteiger partial charge in [-0.25, -0.2) is 0 Å². The van der Waals surface area contributed by atoms with E-state index in [1.54, 1.807) is 0 Å². The standard InChI is InChI=1S/C13H26N2S/c1-11-8-15(6-7-16-11)10-13(2,3)9-14-12-4-5-12/h11-12,14H,4-10H2,1-3H3. The second-order valence-corrected chi connectivity index (χ2v) is 7.78. The van der Waals surface area contributed by atoms with Gasteiger partial charge < -0.3 is 10.2 Å². The van der Waals surface area contributed by atoms with E-state index in [0.717, 1.165) is 11.3 Å². The molecule has 2 aliphatic rings. The molecule has 0 aromatic heterocycles. The summed E-state index contributed by atoms with van der Waals surface area (Å²) < 4.78 is 0. The number of hydrogen-bond acceptors (Lipinski definition) is 3. The molecule has 2 nitrogen and oxygen atoms in total. The summed E-state index contributed by atoms with van der Waals surface area (Å²) in [5.41, 5.74) is 0.421. The van der Waals surface area contributed by atoms with Crippen molar-refractivity contribution in [3.8, 4) is 0 Å². The lowest BCUT2D eigenvalue weighted by molar-refractivity contribution is 0.179. The Morgan fingerprint density at radius 2 is 2.12 bits per heavy atom. The van der Waals surface area contributed by atoms with Gasteiger partial charge in [0, 0.05) is 43.2 Å². The van der Waals surface area contributed by atoms with Gasteiger partial charge in [0.15, 0.2) is 0 Å². The zero-order chi connectivity index (χ0) is 11.6. The summed E-state index contributed by atoms with van der Waals surface area (Å²) in [7, 11) is 0. The molecule has 94 valence electrons. The first-order chi connectivity index (χ1) is 7.55. The van der Waals surface area contributed by atoms with Crippen molar-refractivity contribution >= 4 is 11.8 Å². The van der Waals surface area contributed by atoms with Crippen LogP contribution in [-0.2, 0) is 0 Å². The Morgan fingerprint density at radius 3 is 2.75 bits per heavy atom. The smallest absolute Gasteiger partial charge is 0.0147 e. The van der Waals surface area contributed by atoms with Gasteiger partial charge in [0.25, 0.3) is 0 Å². The largest absolute Gasteiger partial charge is 0.313 e. The predicted molar refractivity (Wildman–Crippen MR) is 73.2 cm³/mol. The molecule has 1 unspecified atom stereocenters. The molecule has 2 rings (SSSR count). The van der Waals surface area contributed by atoms with E-state index in [0.29, 0.717) is 5.41 Å². The van der Waals surface area contributed by atoms with Gasteiger partial charge >= 0.3 is 0 Å². The van der Waals surface area contributed by atoms with Crippen LogP contribution in [0, 0.1) is 5.41 Å². The van der Waals surface area contributed by atoms with Gasteiger partial charge in [0.2, 0.25) is 0 Å². The molecule has 1 aliphatic carbocycles. The monoisotopic (exact) mass is 242 g/mol.